The lowest BCUT2D eigenvalue weighted by atomic mass is 10.0. The summed E-state index contributed by atoms with van der Waals surface area (Å²) in [4.78, 5) is 0. The van der Waals surface area contributed by atoms with E-state index < -0.39 is 27.9 Å². The molecule has 0 amide bonds. The highest BCUT2D eigenvalue weighted by Gasteiger charge is 2.32. The van der Waals surface area contributed by atoms with Crippen molar-refractivity contribution in [3.05, 3.63) is 29.8 Å². The van der Waals surface area contributed by atoms with Crippen molar-refractivity contribution in [1.29, 1.82) is 0 Å². The van der Waals surface area contributed by atoms with E-state index in [1.54, 1.807) is 0 Å². The van der Waals surface area contributed by atoms with Gasteiger partial charge in [0.25, 0.3) is 0 Å². The van der Waals surface area contributed by atoms with Crippen molar-refractivity contribution < 1.29 is 26.3 Å². The Morgan fingerprint density at radius 3 is 2.42 bits per heavy atom. The normalized spacial score (nSPS) is 20.3. The Labute approximate surface area is 139 Å². The molecule has 1 aromatic rings. The van der Waals surface area contributed by atoms with E-state index in [0.29, 0.717) is 12.3 Å². The van der Waals surface area contributed by atoms with Gasteiger partial charge in [0.1, 0.15) is 11.9 Å². The molecule has 1 aliphatic heterocycles. The molecule has 1 unspecified atom stereocenters. The van der Waals surface area contributed by atoms with Crippen molar-refractivity contribution in [1.82, 2.24) is 9.62 Å². The SMILES string of the molecule is CN(C[C@@H](Oc1ccc(C(F)(F)F)cc1)C1CCNC1)S(C)(=O)=O. The van der Waals surface area contributed by atoms with E-state index in [4.69, 9.17) is 4.74 Å². The van der Waals surface area contributed by atoms with Crippen molar-refractivity contribution in [2.45, 2.75) is 18.7 Å². The summed E-state index contributed by atoms with van der Waals surface area (Å²) >= 11 is 0. The minimum absolute atomic E-state index is 0.0940. The molecule has 0 aliphatic carbocycles. The smallest absolute Gasteiger partial charge is 0.416 e. The maximum absolute atomic E-state index is 12.6. The molecular weight excluding hydrogens is 345 g/mol. The number of nitrogens with zero attached hydrogens (tertiary/aromatic N) is 1. The van der Waals surface area contributed by atoms with Crippen LogP contribution in [0.5, 0.6) is 5.75 Å². The van der Waals surface area contributed by atoms with Gasteiger partial charge in [-0.2, -0.15) is 13.2 Å². The summed E-state index contributed by atoms with van der Waals surface area (Å²) < 4.78 is 68.1. The first-order valence-corrected chi connectivity index (χ1v) is 9.38. The topological polar surface area (TPSA) is 58.6 Å². The molecule has 2 rings (SSSR count). The Bertz CT molecular complexity index is 641. The highest BCUT2D eigenvalue weighted by atomic mass is 32.2. The molecule has 1 aliphatic rings. The van der Waals surface area contributed by atoms with Gasteiger partial charge in [-0.3, -0.25) is 0 Å². The zero-order valence-electron chi connectivity index (χ0n) is 13.5. The van der Waals surface area contributed by atoms with E-state index in [0.717, 1.165) is 31.4 Å². The van der Waals surface area contributed by atoms with Crippen molar-refractivity contribution in [2.75, 3.05) is 32.9 Å². The molecule has 1 N–H and O–H groups in total. The molecule has 2 atom stereocenters. The van der Waals surface area contributed by atoms with Crippen LogP contribution in [0.25, 0.3) is 0 Å². The Balaban J connectivity index is 2.12. The monoisotopic (exact) mass is 366 g/mol. The predicted octanol–water partition coefficient (Wildman–Crippen LogP) is 1.95. The van der Waals surface area contributed by atoms with Gasteiger partial charge in [-0.05, 0) is 37.2 Å². The van der Waals surface area contributed by atoms with Gasteiger partial charge in [-0.15, -0.1) is 0 Å². The molecule has 1 saturated heterocycles. The van der Waals surface area contributed by atoms with Crippen LogP contribution < -0.4 is 10.1 Å². The molecule has 0 bridgehead atoms. The number of hydrogen-bond acceptors (Lipinski definition) is 4. The number of halogens is 3. The molecule has 136 valence electrons. The quantitative estimate of drug-likeness (QED) is 0.836. The van der Waals surface area contributed by atoms with Crippen molar-refractivity contribution in [2.24, 2.45) is 5.92 Å². The van der Waals surface area contributed by atoms with Gasteiger partial charge >= 0.3 is 6.18 Å². The first kappa shape index (κ1) is 19.0. The lowest BCUT2D eigenvalue weighted by Gasteiger charge is -2.28. The number of nitrogens with one attached hydrogen (secondary N) is 1. The van der Waals surface area contributed by atoms with Crippen LogP contribution in [0.15, 0.2) is 24.3 Å². The fourth-order valence-electron chi connectivity index (χ4n) is 2.56. The third kappa shape index (κ3) is 5.09. The van der Waals surface area contributed by atoms with Crippen LogP contribution in [0.1, 0.15) is 12.0 Å². The Kier molecular flexibility index (Phi) is 5.77. The van der Waals surface area contributed by atoms with Crippen molar-refractivity contribution in [3.63, 3.8) is 0 Å². The number of alkyl halides is 3. The van der Waals surface area contributed by atoms with E-state index >= 15 is 0 Å². The number of benzene rings is 1. The number of hydrogen-bond donors (Lipinski definition) is 1. The van der Waals surface area contributed by atoms with Gasteiger partial charge in [-0.25, -0.2) is 12.7 Å². The fourth-order valence-corrected chi connectivity index (χ4v) is 2.98. The minimum atomic E-state index is -4.40. The van der Waals surface area contributed by atoms with Gasteiger partial charge in [0.05, 0.1) is 18.4 Å². The summed E-state index contributed by atoms with van der Waals surface area (Å²) in [6.45, 7) is 1.63. The third-order valence-corrected chi connectivity index (χ3v) is 5.38. The van der Waals surface area contributed by atoms with Gasteiger partial charge in [0.2, 0.25) is 10.0 Å². The maximum atomic E-state index is 12.6. The summed E-state index contributed by atoms with van der Waals surface area (Å²) in [6.07, 6.45) is -2.90. The average molecular weight is 366 g/mol. The van der Waals surface area contributed by atoms with Crippen LogP contribution in [-0.4, -0.2) is 51.8 Å². The van der Waals surface area contributed by atoms with Crippen LogP contribution >= 0.6 is 0 Å². The maximum Gasteiger partial charge on any atom is 0.416 e. The second kappa shape index (κ2) is 7.28. The van der Waals surface area contributed by atoms with E-state index in [1.165, 1.54) is 23.5 Å². The highest BCUT2D eigenvalue weighted by Crippen LogP contribution is 2.31. The molecule has 5 nitrogen and oxygen atoms in total. The van der Waals surface area contributed by atoms with Crippen LogP contribution in [0.2, 0.25) is 0 Å². The number of likely N-dealkylation sites (N-methyl/N-ethyl adjacent to an activating group) is 1. The largest absolute Gasteiger partial charge is 0.489 e. The second-order valence-electron chi connectivity index (χ2n) is 5.97. The Hall–Kier alpha value is -1.32. The lowest BCUT2D eigenvalue weighted by molar-refractivity contribution is -0.137. The number of rotatable bonds is 6. The molecule has 24 heavy (non-hydrogen) atoms. The summed E-state index contributed by atoms with van der Waals surface area (Å²) in [5.41, 5.74) is -0.748. The molecule has 0 saturated carbocycles. The summed E-state index contributed by atoms with van der Waals surface area (Å²) in [7, 11) is -1.90. The van der Waals surface area contributed by atoms with Gasteiger partial charge in [0.15, 0.2) is 0 Å². The molecule has 0 aromatic heterocycles. The van der Waals surface area contributed by atoms with Crippen LogP contribution in [-0.2, 0) is 16.2 Å². The average Bonchev–Trinajstić information content (AvgIpc) is 2.99. The number of sulfonamides is 1. The molecule has 0 spiro atoms. The Morgan fingerprint density at radius 2 is 1.96 bits per heavy atom. The third-order valence-electron chi connectivity index (χ3n) is 4.10. The molecule has 1 aromatic carbocycles. The Morgan fingerprint density at radius 1 is 1.33 bits per heavy atom. The zero-order chi connectivity index (χ0) is 18.0. The zero-order valence-corrected chi connectivity index (χ0v) is 14.3. The van der Waals surface area contributed by atoms with Gasteiger partial charge in [0, 0.05) is 19.5 Å². The lowest BCUT2D eigenvalue weighted by Crippen LogP contribution is -2.41. The van der Waals surface area contributed by atoms with Crippen LogP contribution in [0, 0.1) is 5.92 Å². The predicted molar refractivity (Wildman–Crippen MR) is 84.3 cm³/mol. The standard InChI is InChI=1S/C15H21F3N2O3S/c1-20(24(2,21)22)10-14(11-7-8-19-9-11)23-13-5-3-12(4-6-13)15(16,17)18/h3-6,11,14,19H,7-10H2,1-2H3/t11?,14-/m1/s1. The molecule has 1 fully saturated rings. The second-order valence-corrected chi connectivity index (χ2v) is 8.06. The first-order chi connectivity index (χ1) is 11.1. The van der Waals surface area contributed by atoms with Gasteiger partial charge in [-0.1, -0.05) is 0 Å². The van der Waals surface area contributed by atoms with Crippen LogP contribution in [0.3, 0.4) is 0 Å². The summed E-state index contributed by atoms with van der Waals surface area (Å²) in [6, 6.07) is 4.44. The van der Waals surface area contributed by atoms with E-state index in [9.17, 15) is 21.6 Å². The summed E-state index contributed by atoms with van der Waals surface area (Å²) in [5.74, 6) is 0.387. The highest BCUT2D eigenvalue weighted by molar-refractivity contribution is 7.88. The van der Waals surface area contributed by atoms with E-state index in [2.05, 4.69) is 5.32 Å². The molecule has 0 radical (unpaired) electrons. The van der Waals surface area contributed by atoms with Crippen molar-refractivity contribution in [3.8, 4) is 5.75 Å². The molecule has 1 heterocycles. The van der Waals surface area contributed by atoms with Gasteiger partial charge < -0.3 is 10.1 Å². The number of ether oxygens (including phenoxy) is 1. The fraction of sp³-hybridized carbons (Fsp3) is 0.600. The van der Waals surface area contributed by atoms with Crippen molar-refractivity contribution >= 4 is 10.0 Å². The molecule has 9 heteroatoms. The van der Waals surface area contributed by atoms with Crippen LogP contribution in [0.4, 0.5) is 13.2 Å². The van der Waals surface area contributed by atoms with E-state index in [-0.39, 0.29) is 12.5 Å². The molecular formula is C15H21F3N2O3S. The summed E-state index contributed by atoms with van der Waals surface area (Å²) in [5, 5.41) is 3.18. The minimum Gasteiger partial charge on any atom is -0.489 e. The first-order valence-electron chi connectivity index (χ1n) is 7.53. The van der Waals surface area contributed by atoms with E-state index in [1.807, 2.05) is 0 Å².